The topological polar surface area (TPSA) is 35.6 Å². The third kappa shape index (κ3) is 3.29. The van der Waals surface area contributed by atoms with Crippen LogP contribution in [0.2, 0.25) is 5.02 Å². The molecule has 1 aromatic rings. The molecule has 1 saturated heterocycles. The molecule has 1 heterocycles. The lowest BCUT2D eigenvalue weighted by atomic mass is 10.1. The van der Waals surface area contributed by atoms with Crippen molar-refractivity contribution in [2.24, 2.45) is 0 Å². The molecule has 110 valence electrons. The van der Waals surface area contributed by atoms with E-state index in [-0.39, 0.29) is 10.9 Å². The number of nitrogens with zero attached hydrogens (tertiary/aromatic N) is 2. The van der Waals surface area contributed by atoms with Gasteiger partial charge in [0.15, 0.2) is 0 Å². The van der Waals surface area contributed by atoms with Gasteiger partial charge in [-0.05, 0) is 26.2 Å². The summed E-state index contributed by atoms with van der Waals surface area (Å²) >= 11 is 5.88. The summed E-state index contributed by atoms with van der Waals surface area (Å²) in [5.74, 6) is -0.548. The number of benzene rings is 1. The van der Waals surface area contributed by atoms with E-state index >= 15 is 0 Å². The van der Waals surface area contributed by atoms with E-state index in [0.29, 0.717) is 30.8 Å². The lowest BCUT2D eigenvalue weighted by molar-refractivity contribution is 0.0664. The smallest absolute Gasteiger partial charge is 0.254 e. The van der Waals surface area contributed by atoms with Gasteiger partial charge < -0.3 is 15.1 Å². The lowest BCUT2D eigenvalue weighted by Gasteiger charge is -2.32. The van der Waals surface area contributed by atoms with Crippen LogP contribution in [0.5, 0.6) is 0 Å². The van der Waals surface area contributed by atoms with Gasteiger partial charge in [-0.3, -0.25) is 4.79 Å². The third-order valence-corrected chi connectivity index (χ3v) is 3.78. The molecule has 1 fully saturated rings. The molecule has 2 rings (SSSR count). The standard InChI is InChI=1S/C14H19ClFN3O/c1-17-9-11-7-10(8-12(15)13(11)16)14(20)19-5-3-18(2)4-6-19/h7-8,17H,3-6,9H2,1-2H3. The van der Waals surface area contributed by atoms with Crippen molar-refractivity contribution in [1.82, 2.24) is 15.1 Å². The minimum Gasteiger partial charge on any atom is -0.336 e. The first-order chi connectivity index (χ1) is 9.52. The number of rotatable bonds is 3. The summed E-state index contributed by atoms with van der Waals surface area (Å²) in [6.45, 7) is 3.42. The molecule has 1 N–H and O–H groups in total. The monoisotopic (exact) mass is 299 g/mol. The van der Waals surface area contributed by atoms with Crippen LogP contribution < -0.4 is 5.32 Å². The number of piperazine rings is 1. The Hall–Kier alpha value is -1.17. The molecule has 0 atom stereocenters. The molecule has 0 spiro atoms. The molecule has 0 radical (unpaired) electrons. The van der Waals surface area contributed by atoms with Crippen LogP contribution in [-0.4, -0.2) is 56.0 Å². The summed E-state index contributed by atoms with van der Waals surface area (Å²) in [5.41, 5.74) is 0.865. The second kappa shape index (κ2) is 6.52. The van der Waals surface area contributed by atoms with Crippen LogP contribution in [-0.2, 0) is 6.54 Å². The van der Waals surface area contributed by atoms with Crippen LogP contribution in [0.1, 0.15) is 15.9 Å². The number of hydrogen-bond acceptors (Lipinski definition) is 3. The second-order valence-electron chi connectivity index (χ2n) is 5.06. The van der Waals surface area contributed by atoms with Gasteiger partial charge in [-0.25, -0.2) is 4.39 Å². The highest BCUT2D eigenvalue weighted by molar-refractivity contribution is 6.31. The van der Waals surface area contributed by atoms with Crippen molar-refractivity contribution < 1.29 is 9.18 Å². The molecule has 0 saturated carbocycles. The van der Waals surface area contributed by atoms with E-state index in [0.717, 1.165) is 13.1 Å². The molecular weight excluding hydrogens is 281 g/mol. The predicted molar refractivity (Wildman–Crippen MR) is 77.6 cm³/mol. The predicted octanol–water partition coefficient (Wildman–Crippen LogP) is 1.59. The van der Waals surface area contributed by atoms with Crippen molar-refractivity contribution in [3.63, 3.8) is 0 Å². The fraction of sp³-hybridized carbons (Fsp3) is 0.500. The van der Waals surface area contributed by atoms with Gasteiger partial charge >= 0.3 is 0 Å². The van der Waals surface area contributed by atoms with Gasteiger partial charge in [0.25, 0.3) is 5.91 Å². The van der Waals surface area contributed by atoms with E-state index in [1.165, 1.54) is 6.07 Å². The zero-order valence-electron chi connectivity index (χ0n) is 11.7. The first kappa shape index (κ1) is 15.2. The van der Waals surface area contributed by atoms with Crippen molar-refractivity contribution in [2.75, 3.05) is 40.3 Å². The molecule has 0 unspecified atom stereocenters. The molecular formula is C14H19ClFN3O. The maximum absolute atomic E-state index is 13.8. The van der Waals surface area contributed by atoms with Crippen molar-refractivity contribution in [3.05, 3.63) is 34.1 Å². The van der Waals surface area contributed by atoms with Gasteiger partial charge in [0.2, 0.25) is 0 Å². The van der Waals surface area contributed by atoms with Gasteiger partial charge in [0.05, 0.1) is 5.02 Å². The minimum atomic E-state index is -0.462. The average molecular weight is 300 g/mol. The summed E-state index contributed by atoms with van der Waals surface area (Å²) in [6.07, 6.45) is 0. The number of carbonyl (C=O) groups is 1. The second-order valence-corrected chi connectivity index (χ2v) is 5.46. The maximum Gasteiger partial charge on any atom is 0.254 e. The number of halogens is 2. The molecule has 1 aromatic carbocycles. The Kier molecular flexibility index (Phi) is 4.96. The van der Waals surface area contributed by atoms with Crippen molar-refractivity contribution >= 4 is 17.5 Å². The molecule has 0 aliphatic carbocycles. The van der Waals surface area contributed by atoms with E-state index in [1.54, 1.807) is 18.0 Å². The Morgan fingerprint density at radius 3 is 2.60 bits per heavy atom. The molecule has 4 nitrogen and oxygen atoms in total. The summed E-state index contributed by atoms with van der Waals surface area (Å²) in [5, 5.41) is 2.87. The zero-order valence-corrected chi connectivity index (χ0v) is 12.5. The van der Waals surface area contributed by atoms with E-state index in [9.17, 15) is 9.18 Å². The number of nitrogens with one attached hydrogen (secondary N) is 1. The largest absolute Gasteiger partial charge is 0.336 e. The quantitative estimate of drug-likeness (QED) is 0.920. The maximum atomic E-state index is 13.8. The van der Waals surface area contributed by atoms with Gasteiger partial charge in [-0.2, -0.15) is 0 Å². The van der Waals surface area contributed by atoms with Gasteiger partial charge in [-0.15, -0.1) is 0 Å². The first-order valence-electron chi connectivity index (χ1n) is 6.63. The van der Waals surface area contributed by atoms with Crippen molar-refractivity contribution in [3.8, 4) is 0 Å². The van der Waals surface area contributed by atoms with Crippen LogP contribution in [0.4, 0.5) is 4.39 Å². The molecule has 0 bridgehead atoms. The van der Waals surface area contributed by atoms with E-state index in [4.69, 9.17) is 11.6 Å². The normalized spacial score (nSPS) is 16.5. The van der Waals surface area contributed by atoms with E-state index < -0.39 is 5.82 Å². The SMILES string of the molecule is CNCc1cc(C(=O)N2CCN(C)CC2)cc(Cl)c1F. The van der Waals surface area contributed by atoms with Crippen LogP contribution in [0.15, 0.2) is 12.1 Å². The number of carbonyl (C=O) groups excluding carboxylic acids is 1. The summed E-state index contributed by atoms with van der Waals surface area (Å²) in [6, 6.07) is 3.00. The summed E-state index contributed by atoms with van der Waals surface area (Å²) < 4.78 is 13.8. The Bertz CT molecular complexity index is 501. The minimum absolute atomic E-state index is 0.00442. The zero-order chi connectivity index (χ0) is 14.7. The molecule has 1 aliphatic rings. The Balaban J connectivity index is 2.21. The van der Waals surface area contributed by atoms with Crippen molar-refractivity contribution in [2.45, 2.75) is 6.54 Å². The van der Waals surface area contributed by atoms with Crippen LogP contribution >= 0.6 is 11.6 Å². The Morgan fingerprint density at radius 1 is 1.35 bits per heavy atom. The van der Waals surface area contributed by atoms with Crippen LogP contribution in [0.3, 0.4) is 0 Å². The fourth-order valence-electron chi connectivity index (χ4n) is 2.28. The van der Waals surface area contributed by atoms with Crippen molar-refractivity contribution in [1.29, 1.82) is 0 Å². The number of likely N-dealkylation sites (N-methyl/N-ethyl adjacent to an activating group) is 1. The van der Waals surface area contributed by atoms with E-state index in [1.807, 2.05) is 7.05 Å². The Labute approximate surface area is 123 Å². The molecule has 0 aromatic heterocycles. The Morgan fingerprint density at radius 2 is 2.00 bits per heavy atom. The lowest BCUT2D eigenvalue weighted by Crippen LogP contribution is -2.47. The van der Waals surface area contributed by atoms with Gasteiger partial charge in [0.1, 0.15) is 5.82 Å². The van der Waals surface area contributed by atoms with Crippen LogP contribution in [0, 0.1) is 5.82 Å². The average Bonchev–Trinajstić information content (AvgIpc) is 2.44. The third-order valence-electron chi connectivity index (χ3n) is 3.51. The van der Waals surface area contributed by atoms with E-state index in [2.05, 4.69) is 10.2 Å². The van der Waals surface area contributed by atoms with Crippen LogP contribution in [0.25, 0.3) is 0 Å². The highest BCUT2D eigenvalue weighted by Crippen LogP contribution is 2.22. The first-order valence-corrected chi connectivity index (χ1v) is 7.01. The number of hydrogen-bond donors (Lipinski definition) is 1. The highest BCUT2D eigenvalue weighted by Gasteiger charge is 2.22. The number of amides is 1. The fourth-order valence-corrected chi connectivity index (χ4v) is 2.52. The molecule has 1 aliphatic heterocycles. The molecule has 6 heteroatoms. The summed E-state index contributed by atoms with van der Waals surface area (Å²) in [7, 11) is 3.75. The van der Waals surface area contributed by atoms with Gasteiger partial charge in [-0.1, -0.05) is 11.6 Å². The van der Waals surface area contributed by atoms with Gasteiger partial charge in [0, 0.05) is 43.9 Å². The molecule has 20 heavy (non-hydrogen) atoms. The highest BCUT2D eigenvalue weighted by atomic mass is 35.5. The summed E-state index contributed by atoms with van der Waals surface area (Å²) in [4.78, 5) is 16.4. The molecule has 1 amide bonds.